The van der Waals surface area contributed by atoms with Crippen molar-refractivity contribution in [3.05, 3.63) is 42.0 Å². The lowest BCUT2D eigenvalue weighted by Crippen LogP contribution is -1.94. The van der Waals surface area contributed by atoms with Gasteiger partial charge in [0.1, 0.15) is 0 Å². The van der Waals surface area contributed by atoms with Crippen molar-refractivity contribution in [2.45, 2.75) is 12.8 Å². The molecule has 1 aromatic rings. The molecule has 0 bridgehead atoms. The Morgan fingerprint density at radius 1 is 1.13 bits per heavy atom. The van der Waals surface area contributed by atoms with E-state index in [1.807, 2.05) is 24.3 Å². The van der Waals surface area contributed by atoms with Crippen molar-refractivity contribution in [2.75, 3.05) is 19.1 Å². The van der Waals surface area contributed by atoms with Crippen molar-refractivity contribution in [1.29, 1.82) is 0 Å². The van der Waals surface area contributed by atoms with Crippen LogP contribution in [0.3, 0.4) is 0 Å². The van der Waals surface area contributed by atoms with E-state index in [-0.39, 0.29) is 0 Å². The second kappa shape index (κ2) is 8.51. The van der Waals surface area contributed by atoms with E-state index in [2.05, 4.69) is 18.2 Å². The fraction of sp³-hybridized carbons (Fsp3) is 0.385. The van der Waals surface area contributed by atoms with Crippen LogP contribution in [0.1, 0.15) is 18.4 Å². The van der Waals surface area contributed by atoms with E-state index < -0.39 is 0 Å². The largest absolute Gasteiger partial charge is 0.377 e. The first-order valence-corrected chi connectivity index (χ1v) is 5.82. The van der Waals surface area contributed by atoms with Gasteiger partial charge in [-0.1, -0.05) is 42.5 Å². The first-order chi connectivity index (χ1) is 7.43. The minimum absolute atomic E-state index is 0.678. The van der Waals surface area contributed by atoms with Gasteiger partial charge >= 0.3 is 0 Å². The number of halogens is 1. The maximum atomic E-state index is 5.55. The standard InChI is InChI=1S/C13H17ClO/c14-10-4-5-11-15-12-6-9-13-7-2-1-3-8-13/h1-3,6-9H,4-5,10-12H2/b9-6+. The lowest BCUT2D eigenvalue weighted by atomic mass is 10.2. The van der Waals surface area contributed by atoms with Crippen molar-refractivity contribution in [2.24, 2.45) is 0 Å². The Balaban J connectivity index is 2.07. The smallest absolute Gasteiger partial charge is 0.0650 e. The molecule has 0 fully saturated rings. The first kappa shape index (κ1) is 12.3. The lowest BCUT2D eigenvalue weighted by Gasteiger charge is -1.98. The summed E-state index contributed by atoms with van der Waals surface area (Å²) in [4.78, 5) is 0. The fourth-order valence-electron chi connectivity index (χ4n) is 1.20. The molecule has 15 heavy (non-hydrogen) atoms. The molecule has 1 aromatic carbocycles. The summed E-state index contributed by atoms with van der Waals surface area (Å²) in [5.74, 6) is 0.725. The van der Waals surface area contributed by atoms with Gasteiger partial charge in [-0.3, -0.25) is 0 Å². The zero-order chi connectivity index (χ0) is 10.8. The third-order valence-corrected chi connectivity index (χ3v) is 2.26. The highest BCUT2D eigenvalue weighted by atomic mass is 35.5. The van der Waals surface area contributed by atoms with Crippen molar-refractivity contribution >= 4 is 17.7 Å². The maximum absolute atomic E-state index is 5.55. The average molecular weight is 225 g/mol. The van der Waals surface area contributed by atoms with Crippen LogP contribution in [0.2, 0.25) is 0 Å². The van der Waals surface area contributed by atoms with Gasteiger partial charge in [0.05, 0.1) is 6.61 Å². The molecular weight excluding hydrogens is 208 g/mol. The minimum Gasteiger partial charge on any atom is -0.377 e. The molecule has 0 N–H and O–H groups in total. The van der Waals surface area contributed by atoms with Gasteiger partial charge in [0.2, 0.25) is 0 Å². The molecule has 0 unspecified atom stereocenters. The van der Waals surface area contributed by atoms with Crippen LogP contribution in [0.4, 0.5) is 0 Å². The Hall–Kier alpha value is -0.790. The molecule has 0 aromatic heterocycles. The molecule has 0 radical (unpaired) electrons. The van der Waals surface area contributed by atoms with Gasteiger partial charge in [0.15, 0.2) is 0 Å². The molecule has 0 atom stereocenters. The summed E-state index contributed by atoms with van der Waals surface area (Å²) in [5.41, 5.74) is 1.21. The van der Waals surface area contributed by atoms with Crippen LogP contribution >= 0.6 is 11.6 Å². The van der Waals surface area contributed by atoms with Crippen LogP contribution in [0, 0.1) is 0 Å². The summed E-state index contributed by atoms with van der Waals surface area (Å²) in [6, 6.07) is 10.2. The topological polar surface area (TPSA) is 9.23 Å². The second-order valence-electron chi connectivity index (χ2n) is 3.28. The molecule has 0 aliphatic carbocycles. The molecule has 0 spiro atoms. The van der Waals surface area contributed by atoms with Crippen molar-refractivity contribution in [3.8, 4) is 0 Å². The number of rotatable bonds is 7. The molecule has 0 aliphatic heterocycles. The first-order valence-electron chi connectivity index (χ1n) is 5.29. The van der Waals surface area contributed by atoms with Crippen molar-refractivity contribution in [3.63, 3.8) is 0 Å². The van der Waals surface area contributed by atoms with Crippen LogP contribution in [0.5, 0.6) is 0 Å². The van der Waals surface area contributed by atoms with Gasteiger partial charge in [0, 0.05) is 12.5 Å². The maximum Gasteiger partial charge on any atom is 0.0650 e. The summed E-state index contributed by atoms with van der Waals surface area (Å²) >= 11 is 5.55. The van der Waals surface area contributed by atoms with Crippen LogP contribution in [0.15, 0.2) is 36.4 Å². The molecule has 82 valence electrons. The fourth-order valence-corrected chi connectivity index (χ4v) is 1.39. The van der Waals surface area contributed by atoms with Crippen LogP contribution in [0.25, 0.3) is 6.08 Å². The zero-order valence-corrected chi connectivity index (χ0v) is 9.62. The number of alkyl halides is 1. The third kappa shape index (κ3) is 6.32. The number of hydrogen-bond acceptors (Lipinski definition) is 1. The monoisotopic (exact) mass is 224 g/mol. The van der Waals surface area contributed by atoms with Gasteiger partial charge < -0.3 is 4.74 Å². The van der Waals surface area contributed by atoms with Gasteiger partial charge in [-0.2, -0.15) is 0 Å². The summed E-state index contributed by atoms with van der Waals surface area (Å²) in [7, 11) is 0. The van der Waals surface area contributed by atoms with Gasteiger partial charge in [-0.15, -0.1) is 11.6 Å². The Morgan fingerprint density at radius 2 is 1.93 bits per heavy atom. The highest BCUT2D eigenvalue weighted by Crippen LogP contribution is 2.00. The predicted octanol–water partition coefficient (Wildman–Crippen LogP) is 3.74. The lowest BCUT2D eigenvalue weighted by molar-refractivity contribution is 0.159. The Labute approximate surface area is 96.7 Å². The Bertz CT molecular complexity index is 269. The average Bonchev–Trinajstić information content (AvgIpc) is 2.29. The minimum atomic E-state index is 0.678. The normalized spacial score (nSPS) is 11.0. The molecule has 0 heterocycles. The number of hydrogen-bond donors (Lipinski definition) is 0. The molecular formula is C13H17ClO. The van der Waals surface area contributed by atoms with E-state index in [9.17, 15) is 0 Å². The zero-order valence-electron chi connectivity index (χ0n) is 8.86. The summed E-state index contributed by atoms with van der Waals surface area (Å²) in [6.45, 7) is 1.48. The van der Waals surface area contributed by atoms with E-state index in [4.69, 9.17) is 16.3 Å². The van der Waals surface area contributed by atoms with E-state index in [0.717, 1.165) is 25.3 Å². The van der Waals surface area contributed by atoms with E-state index in [0.29, 0.717) is 6.61 Å². The quantitative estimate of drug-likeness (QED) is 0.507. The highest BCUT2D eigenvalue weighted by Gasteiger charge is 1.86. The molecule has 2 heteroatoms. The Morgan fingerprint density at radius 3 is 2.67 bits per heavy atom. The van der Waals surface area contributed by atoms with Crippen molar-refractivity contribution in [1.82, 2.24) is 0 Å². The van der Waals surface area contributed by atoms with E-state index >= 15 is 0 Å². The SMILES string of the molecule is ClCCCCOC/C=C/c1ccccc1. The number of benzene rings is 1. The molecule has 0 saturated heterocycles. The number of ether oxygens (including phenoxy) is 1. The van der Waals surface area contributed by atoms with Crippen LogP contribution in [-0.4, -0.2) is 19.1 Å². The molecule has 0 amide bonds. The number of unbranched alkanes of at least 4 members (excludes halogenated alkanes) is 1. The summed E-state index contributed by atoms with van der Waals surface area (Å²) < 4.78 is 5.41. The summed E-state index contributed by atoms with van der Waals surface area (Å²) in [5, 5.41) is 0. The van der Waals surface area contributed by atoms with Gasteiger partial charge in [-0.25, -0.2) is 0 Å². The third-order valence-electron chi connectivity index (χ3n) is 2.00. The molecule has 1 rings (SSSR count). The molecule has 1 nitrogen and oxygen atoms in total. The Kier molecular flexibility index (Phi) is 6.97. The predicted molar refractivity (Wildman–Crippen MR) is 66.2 cm³/mol. The highest BCUT2D eigenvalue weighted by molar-refractivity contribution is 6.17. The van der Waals surface area contributed by atoms with Crippen molar-refractivity contribution < 1.29 is 4.74 Å². The van der Waals surface area contributed by atoms with Crippen LogP contribution in [-0.2, 0) is 4.74 Å². The van der Waals surface area contributed by atoms with Crippen LogP contribution < -0.4 is 0 Å². The second-order valence-corrected chi connectivity index (χ2v) is 3.66. The summed E-state index contributed by atoms with van der Waals surface area (Å²) in [6.07, 6.45) is 6.18. The van der Waals surface area contributed by atoms with Gasteiger partial charge in [0.25, 0.3) is 0 Å². The van der Waals surface area contributed by atoms with E-state index in [1.165, 1.54) is 5.56 Å². The van der Waals surface area contributed by atoms with Gasteiger partial charge in [-0.05, 0) is 18.4 Å². The molecule has 0 aliphatic rings. The molecule has 0 saturated carbocycles. The van der Waals surface area contributed by atoms with E-state index in [1.54, 1.807) is 0 Å².